The molecule has 2 heterocycles. The Balaban J connectivity index is 1.88. The van der Waals surface area contributed by atoms with E-state index in [0.717, 1.165) is 27.3 Å². The van der Waals surface area contributed by atoms with Crippen LogP contribution in [0.15, 0.2) is 34.8 Å². The number of thioether (sulfide) groups is 1. The Kier molecular flexibility index (Phi) is 3.46. The van der Waals surface area contributed by atoms with Crippen LogP contribution in [0.4, 0.5) is 0 Å². The van der Waals surface area contributed by atoms with Gasteiger partial charge in [0.2, 0.25) is 5.16 Å². The Morgan fingerprint density at radius 2 is 2.05 bits per heavy atom. The molecule has 0 bridgehead atoms. The van der Waals surface area contributed by atoms with Gasteiger partial charge in [-0.1, -0.05) is 35.5 Å². The lowest BCUT2D eigenvalue weighted by molar-refractivity contribution is 0.755. The third-order valence-electron chi connectivity index (χ3n) is 2.74. The number of nitrogens with one attached hydrogen (secondary N) is 1. The van der Waals surface area contributed by atoms with E-state index < -0.39 is 0 Å². The van der Waals surface area contributed by atoms with Crippen LogP contribution in [-0.4, -0.2) is 21.4 Å². The van der Waals surface area contributed by atoms with Crippen LogP contribution in [0.25, 0.3) is 5.70 Å². The Labute approximate surface area is 119 Å². The molecule has 2 aromatic rings. The zero-order valence-electron chi connectivity index (χ0n) is 10.0. The molecule has 1 aromatic carbocycles. The van der Waals surface area contributed by atoms with Crippen molar-refractivity contribution in [3.8, 4) is 0 Å². The van der Waals surface area contributed by atoms with Gasteiger partial charge in [0, 0.05) is 22.4 Å². The minimum Gasteiger partial charge on any atom is -0.330 e. The van der Waals surface area contributed by atoms with Crippen molar-refractivity contribution in [3.63, 3.8) is 0 Å². The molecule has 0 radical (unpaired) electrons. The molecular weight excluding hydrogens is 282 g/mol. The lowest BCUT2D eigenvalue weighted by Gasteiger charge is -2.19. The SMILES string of the molecule is NCCc1nnc2n1NC(c1ccc(Cl)cc1)=CS2. The average molecular weight is 294 g/mol. The topological polar surface area (TPSA) is 68.8 Å². The summed E-state index contributed by atoms with van der Waals surface area (Å²) in [5, 5.41) is 11.8. The number of benzene rings is 1. The molecular formula is C12H12ClN5S. The molecule has 1 aromatic heterocycles. The first kappa shape index (κ1) is 12.5. The highest BCUT2D eigenvalue weighted by Crippen LogP contribution is 2.28. The van der Waals surface area contributed by atoms with Gasteiger partial charge in [0.1, 0.15) is 0 Å². The van der Waals surface area contributed by atoms with E-state index >= 15 is 0 Å². The largest absolute Gasteiger partial charge is 0.330 e. The lowest BCUT2D eigenvalue weighted by Crippen LogP contribution is -2.21. The van der Waals surface area contributed by atoms with Gasteiger partial charge in [-0.3, -0.25) is 5.43 Å². The van der Waals surface area contributed by atoms with Crippen molar-refractivity contribution in [2.45, 2.75) is 11.6 Å². The molecule has 19 heavy (non-hydrogen) atoms. The molecule has 3 N–H and O–H groups in total. The fourth-order valence-corrected chi connectivity index (χ4v) is 2.68. The van der Waals surface area contributed by atoms with Crippen molar-refractivity contribution in [2.24, 2.45) is 5.73 Å². The first-order valence-electron chi connectivity index (χ1n) is 5.82. The predicted octanol–water partition coefficient (Wildman–Crippen LogP) is 2.08. The van der Waals surface area contributed by atoms with Crippen molar-refractivity contribution in [1.82, 2.24) is 14.9 Å². The summed E-state index contributed by atoms with van der Waals surface area (Å²) < 4.78 is 1.88. The van der Waals surface area contributed by atoms with E-state index in [9.17, 15) is 0 Å². The lowest BCUT2D eigenvalue weighted by atomic mass is 10.2. The minimum atomic E-state index is 0.546. The maximum Gasteiger partial charge on any atom is 0.214 e. The second kappa shape index (κ2) is 5.24. The van der Waals surface area contributed by atoms with Crippen LogP contribution in [-0.2, 0) is 6.42 Å². The van der Waals surface area contributed by atoms with Gasteiger partial charge in [-0.2, -0.15) is 0 Å². The van der Waals surface area contributed by atoms with Gasteiger partial charge in [0.25, 0.3) is 0 Å². The van der Waals surface area contributed by atoms with Crippen molar-refractivity contribution in [1.29, 1.82) is 0 Å². The molecule has 3 rings (SSSR count). The molecule has 1 aliphatic heterocycles. The fourth-order valence-electron chi connectivity index (χ4n) is 1.80. The number of nitrogens with two attached hydrogens (primary N) is 1. The van der Waals surface area contributed by atoms with Gasteiger partial charge >= 0.3 is 0 Å². The molecule has 0 fully saturated rings. The summed E-state index contributed by atoms with van der Waals surface area (Å²) >= 11 is 7.43. The number of hydrogen-bond acceptors (Lipinski definition) is 5. The number of nitrogens with zero attached hydrogens (tertiary/aromatic N) is 3. The second-order valence-electron chi connectivity index (χ2n) is 4.04. The smallest absolute Gasteiger partial charge is 0.214 e. The monoisotopic (exact) mass is 293 g/mol. The molecule has 5 nitrogen and oxygen atoms in total. The minimum absolute atomic E-state index is 0.546. The van der Waals surface area contributed by atoms with E-state index in [1.807, 2.05) is 34.3 Å². The van der Waals surface area contributed by atoms with Gasteiger partial charge in [-0.15, -0.1) is 10.2 Å². The van der Waals surface area contributed by atoms with E-state index in [1.165, 1.54) is 11.8 Å². The maximum atomic E-state index is 5.90. The van der Waals surface area contributed by atoms with Crippen LogP contribution >= 0.6 is 23.4 Å². The molecule has 0 spiro atoms. The predicted molar refractivity (Wildman–Crippen MR) is 77.4 cm³/mol. The van der Waals surface area contributed by atoms with Crippen molar-refractivity contribution in [2.75, 3.05) is 12.0 Å². The number of rotatable bonds is 3. The van der Waals surface area contributed by atoms with Gasteiger partial charge in [0.05, 0.1) is 5.70 Å². The molecule has 98 valence electrons. The van der Waals surface area contributed by atoms with E-state index in [2.05, 4.69) is 15.6 Å². The van der Waals surface area contributed by atoms with Gasteiger partial charge < -0.3 is 5.73 Å². The Hall–Kier alpha value is -1.50. The van der Waals surface area contributed by atoms with E-state index in [-0.39, 0.29) is 0 Å². The summed E-state index contributed by atoms with van der Waals surface area (Å²) in [6, 6.07) is 7.68. The molecule has 0 atom stereocenters. The second-order valence-corrected chi connectivity index (χ2v) is 5.31. The van der Waals surface area contributed by atoms with E-state index in [0.29, 0.717) is 13.0 Å². The fraction of sp³-hybridized carbons (Fsp3) is 0.167. The Morgan fingerprint density at radius 1 is 1.26 bits per heavy atom. The molecule has 0 unspecified atom stereocenters. The normalized spacial score (nSPS) is 13.7. The maximum absolute atomic E-state index is 5.90. The third kappa shape index (κ3) is 2.47. The molecule has 1 aliphatic rings. The molecule has 0 saturated heterocycles. The first-order chi connectivity index (χ1) is 9.28. The summed E-state index contributed by atoms with van der Waals surface area (Å²) in [6.45, 7) is 0.546. The summed E-state index contributed by atoms with van der Waals surface area (Å²) in [4.78, 5) is 0. The molecule has 0 aliphatic carbocycles. The van der Waals surface area contributed by atoms with Crippen molar-refractivity contribution in [3.05, 3.63) is 46.1 Å². The zero-order chi connectivity index (χ0) is 13.2. The van der Waals surface area contributed by atoms with Gasteiger partial charge in [0.15, 0.2) is 5.82 Å². The Morgan fingerprint density at radius 3 is 2.79 bits per heavy atom. The highest BCUT2D eigenvalue weighted by atomic mass is 35.5. The van der Waals surface area contributed by atoms with Gasteiger partial charge in [-0.25, -0.2) is 4.68 Å². The highest BCUT2D eigenvalue weighted by molar-refractivity contribution is 8.02. The standard InChI is InChI=1S/C12H12ClN5S/c13-9-3-1-8(2-4-9)10-7-19-12-16-15-11(5-6-14)18(12)17-10/h1-4,7,17H,5-6,14H2. The number of aromatic nitrogens is 3. The van der Waals surface area contributed by atoms with Crippen LogP contribution in [0.2, 0.25) is 5.02 Å². The van der Waals surface area contributed by atoms with Crippen LogP contribution in [0, 0.1) is 0 Å². The van der Waals surface area contributed by atoms with Crippen LogP contribution in [0.1, 0.15) is 11.4 Å². The molecule has 0 amide bonds. The van der Waals surface area contributed by atoms with Crippen molar-refractivity contribution < 1.29 is 0 Å². The summed E-state index contributed by atoms with van der Waals surface area (Å²) in [5.74, 6) is 0.838. The summed E-state index contributed by atoms with van der Waals surface area (Å²) in [5.41, 5.74) is 10.9. The van der Waals surface area contributed by atoms with E-state index in [1.54, 1.807) is 0 Å². The average Bonchev–Trinajstić information content (AvgIpc) is 2.83. The Bertz CT molecular complexity index is 620. The first-order valence-corrected chi connectivity index (χ1v) is 7.08. The molecule has 7 heteroatoms. The highest BCUT2D eigenvalue weighted by Gasteiger charge is 2.17. The van der Waals surface area contributed by atoms with Crippen LogP contribution < -0.4 is 11.2 Å². The van der Waals surface area contributed by atoms with Crippen LogP contribution in [0.5, 0.6) is 0 Å². The summed E-state index contributed by atoms with van der Waals surface area (Å²) in [6.07, 6.45) is 0.689. The quantitative estimate of drug-likeness (QED) is 0.907. The van der Waals surface area contributed by atoms with Gasteiger partial charge in [-0.05, 0) is 18.7 Å². The zero-order valence-corrected chi connectivity index (χ0v) is 11.6. The summed E-state index contributed by atoms with van der Waals surface area (Å²) in [7, 11) is 0. The third-order valence-corrected chi connectivity index (χ3v) is 3.82. The van der Waals surface area contributed by atoms with E-state index in [4.69, 9.17) is 17.3 Å². The number of fused-ring (bicyclic) bond motifs is 1. The van der Waals surface area contributed by atoms with Crippen molar-refractivity contribution >= 4 is 29.1 Å². The molecule has 0 saturated carbocycles. The number of hydrogen-bond donors (Lipinski definition) is 2. The number of halogens is 1. The van der Waals surface area contributed by atoms with Crippen LogP contribution in [0.3, 0.4) is 0 Å².